The van der Waals surface area contributed by atoms with Crippen molar-refractivity contribution in [2.45, 2.75) is 44.6 Å². The molecule has 2 unspecified atom stereocenters. The molecular weight excluding hydrogens is 198 g/mol. The maximum absolute atomic E-state index is 4.40. The Kier molecular flexibility index (Phi) is 2.62. The molecule has 0 saturated heterocycles. The maximum Gasteiger partial charge on any atom is 0.148 e. The number of anilines is 1. The monoisotopic (exact) mass is 219 g/mol. The first-order valence-electron chi connectivity index (χ1n) is 6.57. The van der Waals surface area contributed by atoms with E-state index in [-0.39, 0.29) is 0 Å². The van der Waals surface area contributed by atoms with Crippen LogP contribution in [0.3, 0.4) is 0 Å². The van der Waals surface area contributed by atoms with Crippen molar-refractivity contribution in [2.75, 3.05) is 5.32 Å². The summed E-state index contributed by atoms with van der Waals surface area (Å²) < 4.78 is 1.86. The molecule has 0 spiro atoms. The lowest BCUT2D eigenvalue weighted by Gasteiger charge is -2.29. The molecule has 2 saturated carbocycles. The molecule has 2 aliphatic rings. The third-order valence-electron chi connectivity index (χ3n) is 4.07. The molecule has 1 aromatic heterocycles. The van der Waals surface area contributed by atoms with E-state index in [0.717, 1.165) is 17.7 Å². The Balaban J connectivity index is 1.57. The van der Waals surface area contributed by atoms with E-state index < -0.39 is 0 Å². The minimum atomic E-state index is 0.661. The minimum Gasteiger partial charge on any atom is -0.366 e. The zero-order chi connectivity index (χ0) is 11.0. The van der Waals surface area contributed by atoms with E-state index in [1.165, 1.54) is 38.5 Å². The molecule has 2 atom stereocenters. The Labute approximate surface area is 97.2 Å². The molecule has 1 heterocycles. The van der Waals surface area contributed by atoms with Crippen LogP contribution in [0.1, 0.15) is 38.5 Å². The highest BCUT2D eigenvalue weighted by Gasteiger charge is 2.34. The molecule has 1 N–H and O–H groups in total. The zero-order valence-corrected chi connectivity index (χ0v) is 10.0. The Morgan fingerprint density at radius 2 is 2.12 bits per heavy atom. The van der Waals surface area contributed by atoms with E-state index in [2.05, 4.69) is 16.5 Å². The first-order valence-corrected chi connectivity index (χ1v) is 6.57. The molecule has 3 nitrogen and oxygen atoms in total. The zero-order valence-electron chi connectivity index (χ0n) is 10.0. The summed E-state index contributed by atoms with van der Waals surface area (Å²) in [5, 5.41) is 7.98. The van der Waals surface area contributed by atoms with Crippen molar-refractivity contribution < 1.29 is 0 Å². The van der Waals surface area contributed by atoms with Crippen LogP contribution in [0.5, 0.6) is 0 Å². The van der Waals surface area contributed by atoms with Crippen molar-refractivity contribution >= 4 is 5.82 Å². The Hall–Kier alpha value is -0.990. The van der Waals surface area contributed by atoms with Crippen LogP contribution in [0, 0.1) is 11.8 Å². The summed E-state index contributed by atoms with van der Waals surface area (Å²) in [4.78, 5) is 0. The Morgan fingerprint density at radius 3 is 2.81 bits per heavy atom. The van der Waals surface area contributed by atoms with Crippen molar-refractivity contribution in [1.29, 1.82) is 0 Å². The molecule has 1 aromatic rings. The van der Waals surface area contributed by atoms with E-state index >= 15 is 0 Å². The number of nitrogens with zero attached hydrogens (tertiary/aromatic N) is 2. The van der Waals surface area contributed by atoms with Gasteiger partial charge in [-0.05, 0) is 37.5 Å². The van der Waals surface area contributed by atoms with E-state index in [1.54, 1.807) is 0 Å². The van der Waals surface area contributed by atoms with Gasteiger partial charge in [-0.25, -0.2) is 0 Å². The SMILES string of the molecule is Cn1ccc(NC2CCCC(C3CC3)C2)n1. The van der Waals surface area contributed by atoms with Crippen LogP contribution >= 0.6 is 0 Å². The van der Waals surface area contributed by atoms with Gasteiger partial charge in [0.15, 0.2) is 0 Å². The van der Waals surface area contributed by atoms with Gasteiger partial charge in [-0.1, -0.05) is 12.8 Å². The van der Waals surface area contributed by atoms with Gasteiger partial charge in [-0.3, -0.25) is 4.68 Å². The molecule has 3 heteroatoms. The van der Waals surface area contributed by atoms with Gasteiger partial charge in [-0.2, -0.15) is 5.10 Å². The summed E-state index contributed by atoms with van der Waals surface area (Å²) in [6, 6.07) is 2.73. The smallest absolute Gasteiger partial charge is 0.148 e. The van der Waals surface area contributed by atoms with Crippen LogP contribution in [0.25, 0.3) is 0 Å². The lowest BCUT2D eigenvalue weighted by molar-refractivity contribution is 0.302. The second-order valence-electron chi connectivity index (χ2n) is 5.48. The highest BCUT2D eigenvalue weighted by molar-refractivity contribution is 5.33. The molecule has 88 valence electrons. The molecule has 3 rings (SSSR count). The quantitative estimate of drug-likeness (QED) is 0.847. The summed E-state index contributed by atoms with van der Waals surface area (Å²) in [6.07, 6.45) is 10.5. The predicted molar refractivity (Wildman–Crippen MR) is 65.3 cm³/mol. The number of aromatic nitrogens is 2. The normalized spacial score (nSPS) is 30.3. The summed E-state index contributed by atoms with van der Waals surface area (Å²) in [5.74, 6) is 3.10. The van der Waals surface area contributed by atoms with Crippen LogP contribution in [0.15, 0.2) is 12.3 Å². The standard InChI is InChI=1S/C13H21N3/c1-16-8-7-13(15-16)14-12-4-2-3-11(9-12)10-5-6-10/h7-8,10-12H,2-6,9H2,1H3,(H,14,15). The minimum absolute atomic E-state index is 0.661. The fourth-order valence-electron chi connectivity index (χ4n) is 3.06. The van der Waals surface area contributed by atoms with Gasteiger partial charge < -0.3 is 5.32 Å². The van der Waals surface area contributed by atoms with E-state index in [4.69, 9.17) is 0 Å². The van der Waals surface area contributed by atoms with Crippen LogP contribution in [-0.2, 0) is 7.05 Å². The number of rotatable bonds is 3. The molecule has 2 aliphatic carbocycles. The van der Waals surface area contributed by atoms with Crippen LogP contribution in [-0.4, -0.2) is 15.8 Å². The summed E-state index contributed by atoms with van der Waals surface area (Å²) >= 11 is 0. The fourth-order valence-corrected chi connectivity index (χ4v) is 3.06. The molecule has 2 fully saturated rings. The van der Waals surface area contributed by atoms with Crippen molar-refractivity contribution in [3.8, 4) is 0 Å². The summed E-state index contributed by atoms with van der Waals surface area (Å²) in [7, 11) is 1.97. The van der Waals surface area contributed by atoms with Gasteiger partial charge in [0, 0.05) is 25.4 Å². The highest BCUT2D eigenvalue weighted by atomic mass is 15.3. The van der Waals surface area contributed by atoms with Crippen molar-refractivity contribution in [3.63, 3.8) is 0 Å². The molecular formula is C13H21N3. The number of aryl methyl sites for hydroxylation is 1. The van der Waals surface area contributed by atoms with Gasteiger partial charge in [-0.15, -0.1) is 0 Å². The topological polar surface area (TPSA) is 29.9 Å². The second-order valence-corrected chi connectivity index (χ2v) is 5.48. The van der Waals surface area contributed by atoms with Crippen molar-refractivity contribution in [2.24, 2.45) is 18.9 Å². The molecule has 0 amide bonds. The molecule has 16 heavy (non-hydrogen) atoms. The van der Waals surface area contributed by atoms with E-state index in [9.17, 15) is 0 Å². The molecule has 0 bridgehead atoms. The first-order chi connectivity index (χ1) is 7.81. The molecule has 0 aliphatic heterocycles. The summed E-state index contributed by atoms with van der Waals surface area (Å²) in [5.41, 5.74) is 0. The Morgan fingerprint density at radius 1 is 1.25 bits per heavy atom. The lowest BCUT2D eigenvalue weighted by Crippen LogP contribution is -2.28. The lowest BCUT2D eigenvalue weighted by atomic mass is 9.83. The largest absolute Gasteiger partial charge is 0.366 e. The number of hydrogen-bond donors (Lipinski definition) is 1. The van der Waals surface area contributed by atoms with Gasteiger partial charge in [0.2, 0.25) is 0 Å². The van der Waals surface area contributed by atoms with Crippen LogP contribution in [0.2, 0.25) is 0 Å². The van der Waals surface area contributed by atoms with Crippen molar-refractivity contribution in [1.82, 2.24) is 9.78 Å². The van der Waals surface area contributed by atoms with Crippen LogP contribution < -0.4 is 5.32 Å². The maximum atomic E-state index is 4.40. The third kappa shape index (κ3) is 2.23. The van der Waals surface area contributed by atoms with E-state index in [0.29, 0.717) is 6.04 Å². The highest BCUT2D eigenvalue weighted by Crippen LogP contribution is 2.44. The average Bonchev–Trinajstić information content (AvgIpc) is 3.05. The summed E-state index contributed by atoms with van der Waals surface area (Å²) in [6.45, 7) is 0. The van der Waals surface area contributed by atoms with Crippen LogP contribution in [0.4, 0.5) is 5.82 Å². The second kappa shape index (κ2) is 4.11. The fraction of sp³-hybridized carbons (Fsp3) is 0.769. The van der Waals surface area contributed by atoms with Gasteiger partial charge in [0.05, 0.1) is 0 Å². The van der Waals surface area contributed by atoms with E-state index in [1.807, 2.05) is 17.9 Å². The molecule has 0 aromatic carbocycles. The third-order valence-corrected chi connectivity index (χ3v) is 4.07. The average molecular weight is 219 g/mol. The molecule has 0 radical (unpaired) electrons. The predicted octanol–water partition coefficient (Wildman–Crippen LogP) is 2.80. The first kappa shape index (κ1) is 10.2. The van der Waals surface area contributed by atoms with Gasteiger partial charge >= 0.3 is 0 Å². The number of hydrogen-bond acceptors (Lipinski definition) is 2. The van der Waals surface area contributed by atoms with Gasteiger partial charge in [0.1, 0.15) is 5.82 Å². The van der Waals surface area contributed by atoms with Gasteiger partial charge in [0.25, 0.3) is 0 Å². The van der Waals surface area contributed by atoms with Crippen molar-refractivity contribution in [3.05, 3.63) is 12.3 Å². The Bertz CT molecular complexity index is 354. The number of nitrogens with one attached hydrogen (secondary N) is 1.